The van der Waals surface area contributed by atoms with Crippen molar-refractivity contribution in [2.45, 2.75) is 26.9 Å². The van der Waals surface area contributed by atoms with E-state index in [4.69, 9.17) is 10.00 Å². The number of carbonyl (C=O) groups excluding carboxylic acids is 1. The van der Waals surface area contributed by atoms with Gasteiger partial charge in [0.05, 0.1) is 24.3 Å². The fourth-order valence-electron chi connectivity index (χ4n) is 1.73. The Morgan fingerprint density at radius 2 is 2.18 bits per heavy atom. The summed E-state index contributed by atoms with van der Waals surface area (Å²) in [6, 6.07) is 5.29. The summed E-state index contributed by atoms with van der Waals surface area (Å²) < 4.78 is 4.91. The third-order valence-corrected chi connectivity index (χ3v) is 2.55. The first kappa shape index (κ1) is 13.2. The molecule has 0 aliphatic heterocycles. The number of nitriles is 1. The van der Waals surface area contributed by atoms with Crippen LogP contribution in [0.25, 0.3) is 0 Å². The molecule has 0 aliphatic rings. The van der Waals surface area contributed by atoms with Crippen molar-refractivity contribution in [2.75, 3.05) is 6.61 Å². The molecule has 0 saturated heterocycles. The van der Waals surface area contributed by atoms with Crippen LogP contribution in [-0.2, 0) is 17.8 Å². The molecule has 90 valence electrons. The number of esters is 1. The Balaban J connectivity index is 3.41. The van der Waals surface area contributed by atoms with E-state index in [1.165, 1.54) is 0 Å². The average Bonchev–Trinajstić information content (AvgIpc) is 2.36. The van der Waals surface area contributed by atoms with Crippen LogP contribution in [0.15, 0.2) is 12.1 Å². The second kappa shape index (κ2) is 6.02. The van der Waals surface area contributed by atoms with E-state index >= 15 is 0 Å². The van der Waals surface area contributed by atoms with Crippen LogP contribution in [0.4, 0.5) is 0 Å². The Morgan fingerprint density at radius 1 is 1.47 bits per heavy atom. The fourth-order valence-corrected chi connectivity index (χ4v) is 1.73. The molecule has 1 aromatic carbocycles. The molecule has 0 radical (unpaired) electrons. The number of ether oxygens (including phenoxy) is 1. The number of rotatable bonds is 4. The van der Waals surface area contributed by atoms with Crippen LogP contribution in [0.3, 0.4) is 0 Å². The third kappa shape index (κ3) is 2.63. The Morgan fingerprint density at radius 3 is 2.65 bits per heavy atom. The van der Waals surface area contributed by atoms with Gasteiger partial charge in [0.25, 0.3) is 0 Å². The number of hydrogen-bond donors (Lipinski definition) is 1. The quantitative estimate of drug-likeness (QED) is 0.805. The highest BCUT2D eigenvalue weighted by Crippen LogP contribution is 2.21. The normalized spacial score (nSPS) is 9.76. The summed E-state index contributed by atoms with van der Waals surface area (Å²) in [6.45, 7) is 3.60. The molecule has 0 unspecified atom stereocenters. The van der Waals surface area contributed by atoms with E-state index in [-0.39, 0.29) is 24.3 Å². The number of benzene rings is 1. The molecule has 1 rings (SSSR count). The molecule has 0 bridgehead atoms. The minimum absolute atomic E-state index is 0.191. The van der Waals surface area contributed by atoms with Gasteiger partial charge in [0.2, 0.25) is 0 Å². The van der Waals surface area contributed by atoms with E-state index in [1.807, 2.05) is 13.0 Å². The van der Waals surface area contributed by atoms with E-state index < -0.39 is 5.97 Å². The van der Waals surface area contributed by atoms with E-state index in [9.17, 15) is 9.90 Å². The Labute approximate surface area is 100 Å². The van der Waals surface area contributed by atoms with Gasteiger partial charge in [0, 0.05) is 0 Å². The number of hydrogen-bond acceptors (Lipinski definition) is 4. The second-order valence-corrected chi connectivity index (χ2v) is 3.47. The van der Waals surface area contributed by atoms with Gasteiger partial charge in [-0.25, -0.2) is 4.79 Å². The zero-order valence-corrected chi connectivity index (χ0v) is 9.99. The summed E-state index contributed by atoms with van der Waals surface area (Å²) >= 11 is 0. The molecule has 0 aliphatic carbocycles. The Bertz CT molecular complexity index is 460. The predicted octanol–water partition coefficient (Wildman–Crippen LogP) is 1.79. The number of aliphatic hydroxyl groups excluding tert-OH is 1. The van der Waals surface area contributed by atoms with Crippen LogP contribution < -0.4 is 0 Å². The number of aryl methyl sites for hydroxylation is 1. The van der Waals surface area contributed by atoms with E-state index in [0.29, 0.717) is 12.0 Å². The van der Waals surface area contributed by atoms with Crippen LogP contribution in [0.1, 0.15) is 40.9 Å². The van der Waals surface area contributed by atoms with Crippen LogP contribution in [-0.4, -0.2) is 17.7 Å². The van der Waals surface area contributed by atoms with Gasteiger partial charge in [0.1, 0.15) is 6.07 Å². The summed E-state index contributed by atoms with van der Waals surface area (Å²) in [5.74, 6) is -0.552. The van der Waals surface area contributed by atoms with Gasteiger partial charge in [-0.05, 0) is 30.5 Å². The average molecular weight is 233 g/mol. The van der Waals surface area contributed by atoms with Crippen LogP contribution in [0.5, 0.6) is 0 Å². The molecule has 0 amide bonds. The Hall–Kier alpha value is -1.86. The SMILES string of the molecule is CCOC(=O)c1c(C#N)ccc(CC)c1CO. The number of nitrogens with zero attached hydrogens (tertiary/aromatic N) is 1. The highest BCUT2D eigenvalue weighted by molar-refractivity contribution is 5.94. The molecule has 4 heteroatoms. The molecule has 0 atom stereocenters. The first-order valence-electron chi connectivity index (χ1n) is 5.52. The molecule has 4 nitrogen and oxygen atoms in total. The van der Waals surface area contributed by atoms with Crippen molar-refractivity contribution in [3.8, 4) is 6.07 Å². The number of aliphatic hydroxyl groups is 1. The zero-order chi connectivity index (χ0) is 12.8. The van der Waals surface area contributed by atoms with Crippen molar-refractivity contribution in [3.63, 3.8) is 0 Å². The van der Waals surface area contributed by atoms with Gasteiger partial charge in [0.15, 0.2) is 0 Å². The van der Waals surface area contributed by atoms with Gasteiger partial charge in [-0.1, -0.05) is 13.0 Å². The highest BCUT2D eigenvalue weighted by Gasteiger charge is 2.19. The highest BCUT2D eigenvalue weighted by atomic mass is 16.5. The van der Waals surface area contributed by atoms with E-state index in [1.54, 1.807) is 19.1 Å². The molecule has 0 aromatic heterocycles. The standard InChI is InChI=1S/C13H15NO3/c1-3-9-5-6-10(7-14)12(11(9)8-15)13(16)17-4-2/h5-6,15H,3-4,8H2,1-2H3. The molecule has 0 fully saturated rings. The van der Waals surface area contributed by atoms with Crippen molar-refractivity contribution in [1.82, 2.24) is 0 Å². The minimum atomic E-state index is -0.552. The maximum absolute atomic E-state index is 11.8. The maximum Gasteiger partial charge on any atom is 0.339 e. The molecular weight excluding hydrogens is 218 g/mol. The largest absolute Gasteiger partial charge is 0.462 e. The number of carbonyl (C=O) groups is 1. The first-order valence-corrected chi connectivity index (χ1v) is 5.52. The Kier molecular flexibility index (Phi) is 4.68. The van der Waals surface area contributed by atoms with E-state index in [0.717, 1.165) is 5.56 Å². The summed E-state index contributed by atoms with van der Waals surface area (Å²) in [6.07, 6.45) is 0.688. The fraction of sp³-hybridized carbons (Fsp3) is 0.385. The lowest BCUT2D eigenvalue weighted by Crippen LogP contribution is -2.12. The smallest absolute Gasteiger partial charge is 0.339 e. The van der Waals surface area contributed by atoms with Crippen molar-refractivity contribution >= 4 is 5.97 Å². The summed E-state index contributed by atoms with van der Waals surface area (Å²) in [7, 11) is 0. The molecular formula is C13H15NO3. The molecule has 1 aromatic rings. The van der Waals surface area contributed by atoms with Crippen molar-refractivity contribution in [2.24, 2.45) is 0 Å². The lowest BCUT2D eigenvalue weighted by molar-refractivity contribution is 0.0522. The van der Waals surface area contributed by atoms with Gasteiger partial charge in [-0.15, -0.1) is 0 Å². The van der Waals surface area contributed by atoms with Gasteiger partial charge >= 0.3 is 5.97 Å². The first-order chi connectivity index (χ1) is 8.19. The molecule has 0 spiro atoms. The topological polar surface area (TPSA) is 70.3 Å². The lowest BCUT2D eigenvalue weighted by atomic mass is 9.95. The molecule has 0 saturated carbocycles. The monoisotopic (exact) mass is 233 g/mol. The summed E-state index contributed by atoms with van der Waals surface area (Å²) in [5, 5.41) is 18.3. The molecule has 17 heavy (non-hydrogen) atoms. The third-order valence-electron chi connectivity index (χ3n) is 2.55. The summed E-state index contributed by atoms with van der Waals surface area (Å²) in [4.78, 5) is 11.8. The van der Waals surface area contributed by atoms with Crippen molar-refractivity contribution < 1.29 is 14.6 Å². The molecule has 1 N–H and O–H groups in total. The molecule has 0 heterocycles. The predicted molar refractivity (Wildman–Crippen MR) is 62.4 cm³/mol. The summed E-state index contributed by atoms with van der Waals surface area (Å²) in [5.41, 5.74) is 1.78. The van der Waals surface area contributed by atoms with Crippen molar-refractivity contribution in [1.29, 1.82) is 5.26 Å². The zero-order valence-electron chi connectivity index (χ0n) is 9.99. The maximum atomic E-state index is 11.8. The van der Waals surface area contributed by atoms with Crippen LogP contribution in [0, 0.1) is 11.3 Å². The van der Waals surface area contributed by atoms with Gasteiger partial charge in [-0.3, -0.25) is 0 Å². The van der Waals surface area contributed by atoms with Crippen LogP contribution >= 0.6 is 0 Å². The lowest BCUT2D eigenvalue weighted by Gasteiger charge is -2.12. The van der Waals surface area contributed by atoms with Crippen LogP contribution in [0.2, 0.25) is 0 Å². The van der Waals surface area contributed by atoms with E-state index in [2.05, 4.69) is 0 Å². The minimum Gasteiger partial charge on any atom is -0.462 e. The van der Waals surface area contributed by atoms with Crippen molar-refractivity contribution in [3.05, 3.63) is 34.4 Å². The van der Waals surface area contributed by atoms with Gasteiger partial charge in [-0.2, -0.15) is 5.26 Å². The van der Waals surface area contributed by atoms with Gasteiger partial charge < -0.3 is 9.84 Å². The second-order valence-electron chi connectivity index (χ2n) is 3.47.